The SMILES string of the molecule is Cc1ccc(N2CCN(Cc3ccc(Cc4ccc5c6c(cccc46)C(=O)N5)cc3)CC2)c(F)c1. The molecule has 6 rings (SSSR count). The highest BCUT2D eigenvalue weighted by atomic mass is 19.1. The largest absolute Gasteiger partial charge is 0.367 e. The average molecular weight is 466 g/mol. The number of hydrogen-bond donors (Lipinski definition) is 1. The van der Waals surface area contributed by atoms with Crippen molar-refractivity contribution in [1.29, 1.82) is 0 Å². The summed E-state index contributed by atoms with van der Waals surface area (Å²) in [4.78, 5) is 16.8. The van der Waals surface area contributed by atoms with Crippen LogP contribution in [0.1, 0.15) is 32.6 Å². The second kappa shape index (κ2) is 8.82. The van der Waals surface area contributed by atoms with Crippen LogP contribution in [-0.4, -0.2) is 37.0 Å². The maximum atomic E-state index is 14.3. The van der Waals surface area contributed by atoms with Gasteiger partial charge in [0.2, 0.25) is 0 Å². The summed E-state index contributed by atoms with van der Waals surface area (Å²) in [6.45, 7) is 6.33. The molecule has 0 spiro atoms. The molecular weight excluding hydrogens is 437 g/mol. The van der Waals surface area contributed by atoms with E-state index in [9.17, 15) is 9.18 Å². The van der Waals surface area contributed by atoms with Crippen molar-refractivity contribution in [3.63, 3.8) is 0 Å². The minimum absolute atomic E-state index is 0.0167. The molecule has 2 aliphatic heterocycles. The normalized spacial score (nSPS) is 15.6. The molecule has 4 aromatic rings. The Bertz CT molecular complexity index is 1420. The maximum Gasteiger partial charge on any atom is 0.256 e. The molecular formula is C30H28FN3O. The Balaban J connectivity index is 1.10. The third kappa shape index (κ3) is 4.17. The van der Waals surface area contributed by atoms with Crippen LogP contribution in [0.5, 0.6) is 0 Å². The van der Waals surface area contributed by atoms with Gasteiger partial charge in [-0.2, -0.15) is 0 Å². The monoisotopic (exact) mass is 465 g/mol. The lowest BCUT2D eigenvalue weighted by Crippen LogP contribution is -2.46. The van der Waals surface area contributed by atoms with Crippen LogP contribution in [0.2, 0.25) is 0 Å². The van der Waals surface area contributed by atoms with E-state index in [0.29, 0.717) is 5.69 Å². The van der Waals surface area contributed by atoms with Crippen molar-refractivity contribution >= 4 is 28.1 Å². The Morgan fingerprint density at radius 3 is 2.43 bits per heavy atom. The predicted molar refractivity (Wildman–Crippen MR) is 140 cm³/mol. The van der Waals surface area contributed by atoms with Crippen molar-refractivity contribution in [2.24, 2.45) is 0 Å². The summed E-state index contributed by atoms with van der Waals surface area (Å²) in [5.41, 5.74) is 7.11. The highest BCUT2D eigenvalue weighted by Crippen LogP contribution is 2.35. The number of halogens is 1. The third-order valence-electron chi connectivity index (χ3n) is 7.26. The number of hydrogen-bond acceptors (Lipinski definition) is 3. The van der Waals surface area contributed by atoms with Gasteiger partial charge in [0.1, 0.15) is 5.82 Å². The lowest BCUT2D eigenvalue weighted by Gasteiger charge is -2.36. The van der Waals surface area contributed by atoms with Crippen LogP contribution in [-0.2, 0) is 13.0 Å². The quantitative estimate of drug-likeness (QED) is 0.407. The van der Waals surface area contributed by atoms with Gasteiger partial charge in [-0.3, -0.25) is 9.69 Å². The van der Waals surface area contributed by atoms with Gasteiger partial charge in [-0.1, -0.05) is 48.5 Å². The number of carbonyl (C=O) groups excluding carboxylic acids is 1. The van der Waals surface area contributed by atoms with Gasteiger partial charge in [-0.25, -0.2) is 4.39 Å². The van der Waals surface area contributed by atoms with E-state index in [1.165, 1.54) is 16.7 Å². The van der Waals surface area contributed by atoms with Crippen LogP contribution >= 0.6 is 0 Å². The smallest absolute Gasteiger partial charge is 0.256 e. The van der Waals surface area contributed by atoms with Gasteiger partial charge in [0.15, 0.2) is 0 Å². The molecule has 35 heavy (non-hydrogen) atoms. The van der Waals surface area contributed by atoms with E-state index in [2.05, 4.69) is 51.5 Å². The van der Waals surface area contributed by atoms with Crippen LogP contribution in [0.3, 0.4) is 0 Å². The molecule has 0 bridgehead atoms. The van der Waals surface area contributed by atoms with E-state index in [1.807, 2.05) is 37.3 Å². The molecule has 1 N–H and O–H groups in total. The van der Waals surface area contributed by atoms with Crippen LogP contribution in [0.25, 0.3) is 10.8 Å². The van der Waals surface area contributed by atoms with E-state index in [4.69, 9.17) is 0 Å². The molecule has 0 radical (unpaired) electrons. The van der Waals surface area contributed by atoms with Gasteiger partial charge in [0.25, 0.3) is 5.91 Å². The van der Waals surface area contributed by atoms with Gasteiger partial charge < -0.3 is 10.2 Å². The lowest BCUT2D eigenvalue weighted by atomic mass is 9.95. The first-order valence-electron chi connectivity index (χ1n) is 12.2. The minimum Gasteiger partial charge on any atom is -0.367 e. The zero-order valence-corrected chi connectivity index (χ0v) is 19.9. The summed E-state index contributed by atoms with van der Waals surface area (Å²) in [7, 11) is 0. The molecule has 4 nitrogen and oxygen atoms in total. The van der Waals surface area contributed by atoms with Gasteiger partial charge in [0.05, 0.1) is 5.69 Å². The van der Waals surface area contributed by atoms with Crippen molar-refractivity contribution in [1.82, 2.24) is 4.90 Å². The molecule has 1 saturated heterocycles. The van der Waals surface area contributed by atoms with E-state index in [0.717, 1.165) is 66.7 Å². The Morgan fingerprint density at radius 2 is 1.66 bits per heavy atom. The molecule has 0 aliphatic carbocycles. The highest BCUT2D eigenvalue weighted by molar-refractivity contribution is 6.24. The van der Waals surface area contributed by atoms with Crippen molar-refractivity contribution in [3.05, 3.63) is 106 Å². The molecule has 0 saturated carbocycles. The number of nitrogens with one attached hydrogen (secondary N) is 1. The van der Waals surface area contributed by atoms with Crippen molar-refractivity contribution in [2.45, 2.75) is 19.9 Å². The summed E-state index contributed by atoms with van der Waals surface area (Å²) in [5.74, 6) is -0.144. The molecule has 4 aromatic carbocycles. The number of carbonyl (C=O) groups is 1. The fourth-order valence-electron chi connectivity index (χ4n) is 5.36. The minimum atomic E-state index is -0.128. The standard InChI is InChI=1S/C30H28FN3O/c1-20-5-12-28(26(31)17-20)34-15-13-33(14-16-34)19-22-8-6-21(7-9-22)18-23-10-11-27-29-24(23)3-2-4-25(29)30(35)32-27/h2-12,17H,13-16,18-19H2,1H3,(H,32,35). The zero-order valence-electron chi connectivity index (χ0n) is 19.9. The second-order valence-electron chi connectivity index (χ2n) is 9.67. The Labute approximate surface area is 205 Å². The molecule has 0 atom stereocenters. The number of rotatable bonds is 5. The fourth-order valence-corrected chi connectivity index (χ4v) is 5.36. The molecule has 1 amide bonds. The summed E-state index contributed by atoms with van der Waals surface area (Å²) < 4.78 is 14.3. The predicted octanol–water partition coefficient (Wildman–Crippen LogP) is 5.77. The first kappa shape index (κ1) is 21.8. The van der Waals surface area contributed by atoms with Crippen LogP contribution in [0.4, 0.5) is 15.8 Å². The van der Waals surface area contributed by atoms with Crippen LogP contribution in [0.15, 0.2) is 72.8 Å². The van der Waals surface area contributed by atoms with Gasteiger partial charge >= 0.3 is 0 Å². The third-order valence-corrected chi connectivity index (χ3v) is 7.26. The number of piperazine rings is 1. The molecule has 0 unspecified atom stereocenters. The summed E-state index contributed by atoms with van der Waals surface area (Å²) in [5, 5.41) is 5.14. The Morgan fingerprint density at radius 1 is 0.886 bits per heavy atom. The number of aryl methyl sites for hydroxylation is 1. The second-order valence-corrected chi connectivity index (χ2v) is 9.67. The zero-order chi connectivity index (χ0) is 23.9. The van der Waals surface area contributed by atoms with Gasteiger partial charge in [-0.15, -0.1) is 0 Å². The number of nitrogens with zero attached hydrogens (tertiary/aromatic N) is 2. The summed E-state index contributed by atoms with van der Waals surface area (Å²) >= 11 is 0. The van der Waals surface area contributed by atoms with E-state index >= 15 is 0 Å². The van der Waals surface area contributed by atoms with E-state index in [-0.39, 0.29) is 11.7 Å². The first-order chi connectivity index (χ1) is 17.0. The maximum absolute atomic E-state index is 14.3. The molecule has 2 aliphatic rings. The van der Waals surface area contributed by atoms with Crippen LogP contribution in [0, 0.1) is 12.7 Å². The topological polar surface area (TPSA) is 35.6 Å². The number of benzene rings is 4. The fraction of sp³-hybridized carbons (Fsp3) is 0.233. The Hall–Kier alpha value is -3.70. The van der Waals surface area contributed by atoms with Crippen molar-refractivity contribution in [3.8, 4) is 0 Å². The number of anilines is 2. The molecule has 2 heterocycles. The summed E-state index contributed by atoms with van der Waals surface area (Å²) in [6, 6.07) is 24.4. The first-order valence-corrected chi connectivity index (χ1v) is 12.2. The van der Waals surface area contributed by atoms with E-state index < -0.39 is 0 Å². The summed E-state index contributed by atoms with van der Waals surface area (Å²) in [6.07, 6.45) is 0.829. The molecule has 0 aromatic heterocycles. The van der Waals surface area contributed by atoms with Crippen molar-refractivity contribution < 1.29 is 9.18 Å². The van der Waals surface area contributed by atoms with Crippen LogP contribution < -0.4 is 10.2 Å². The molecule has 176 valence electrons. The molecule has 1 fully saturated rings. The van der Waals surface area contributed by atoms with Crippen molar-refractivity contribution in [2.75, 3.05) is 36.4 Å². The lowest BCUT2D eigenvalue weighted by molar-refractivity contribution is 0.103. The number of amides is 1. The van der Waals surface area contributed by atoms with Gasteiger partial charge in [0, 0.05) is 49.4 Å². The van der Waals surface area contributed by atoms with E-state index in [1.54, 1.807) is 6.07 Å². The Kier molecular flexibility index (Phi) is 5.50. The average Bonchev–Trinajstić information content (AvgIpc) is 3.19. The van der Waals surface area contributed by atoms with Gasteiger partial charge in [-0.05, 0) is 65.3 Å². The molecule has 5 heteroatoms. The highest BCUT2D eigenvalue weighted by Gasteiger charge is 2.22.